The molecule has 0 aliphatic carbocycles. The van der Waals surface area contributed by atoms with Gasteiger partial charge in [-0.25, -0.2) is 0 Å². The van der Waals surface area contributed by atoms with Gasteiger partial charge >= 0.3 is 6.18 Å². The molecule has 132 valence electrons. The third kappa shape index (κ3) is 5.18. The fourth-order valence-electron chi connectivity index (χ4n) is 2.52. The van der Waals surface area contributed by atoms with Crippen LogP contribution >= 0.6 is 0 Å². The molecule has 1 aromatic heterocycles. The highest BCUT2D eigenvalue weighted by molar-refractivity contribution is 5.86. The van der Waals surface area contributed by atoms with Gasteiger partial charge in [0, 0.05) is 30.2 Å². The topological polar surface area (TPSA) is 52.2 Å². The highest BCUT2D eigenvalue weighted by atomic mass is 19.4. The van der Waals surface area contributed by atoms with E-state index in [-0.39, 0.29) is 6.54 Å². The molecule has 0 saturated heterocycles. The van der Waals surface area contributed by atoms with Crippen LogP contribution in [0.5, 0.6) is 0 Å². The number of halogens is 3. The molecule has 1 heterocycles. The standard InChI is InChI=1S/C17H23F3N4/c1-3-21-16(23-10-8-17(18,19)20)22-9-7-13-11-24-15-12(2)5-4-6-14(13)15/h4-6,11,24H,3,7-10H2,1-2H3,(H2,21,22,23). The van der Waals surface area contributed by atoms with E-state index in [1.807, 2.05) is 19.2 Å². The summed E-state index contributed by atoms with van der Waals surface area (Å²) in [7, 11) is 0. The van der Waals surface area contributed by atoms with Crippen LogP contribution in [0.1, 0.15) is 24.5 Å². The molecule has 0 unspecified atom stereocenters. The average Bonchev–Trinajstić information content (AvgIpc) is 2.91. The highest BCUT2D eigenvalue weighted by Gasteiger charge is 2.26. The predicted octanol–water partition coefficient (Wildman–Crippen LogP) is 3.53. The number of guanidine groups is 1. The van der Waals surface area contributed by atoms with Gasteiger partial charge in [0.05, 0.1) is 13.0 Å². The summed E-state index contributed by atoms with van der Waals surface area (Å²) in [5.74, 6) is 0.415. The number of nitrogens with one attached hydrogen (secondary N) is 3. The lowest BCUT2D eigenvalue weighted by Crippen LogP contribution is -2.38. The van der Waals surface area contributed by atoms with Crippen LogP contribution in [0.15, 0.2) is 29.4 Å². The second-order valence-corrected chi connectivity index (χ2v) is 5.61. The number of para-hydroxylation sites is 1. The Morgan fingerprint density at radius 3 is 2.75 bits per heavy atom. The van der Waals surface area contributed by atoms with Crippen LogP contribution in [0.4, 0.5) is 13.2 Å². The van der Waals surface area contributed by atoms with Crippen LogP contribution < -0.4 is 10.6 Å². The van der Waals surface area contributed by atoms with Crippen LogP contribution in [-0.4, -0.2) is 36.8 Å². The van der Waals surface area contributed by atoms with E-state index >= 15 is 0 Å². The molecule has 4 nitrogen and oxygen atoms in total. The average molecular weight is 340 g/mol. The normalized spacial score (nSPS) is 12.6. The summed E-state index contributed by atoms with van der Waals surface area (Å²) in [6.07, 6.45) is -2.35. The Morgan fingerprint density at radius 2 is 2.04 bits per heavy atom. The number of rotatable bonds is 6. The van der Waals surface area contributed by atoms with Gasteiger partial charge in [0.25, 0.3) is 0 Å². The number of hydrogen-bond acceptors (Lipinski definition) is 1. The van der Waals surface area contributed by atoms with E-state index in [1.54, 1.807) is 0 Å². The first-order chi connectivity index (χ1) is 11.4. The van der Waals surface area contributed by atoms with E-state index in [0.717, 1.165) is 11.9 Å². The molecule has 0 amide bonds. The molecule has 3 N–H and O–H groups in total. The summed E-state index contributed by atoms with van der Waals surface area (Å²) in [5, 5.41) is 7.22. The van der Waals surface area contributed by atoms with E-state index in [1.165, 1.54) is 16.5 Å². The maximum Gasteiger partial charge on any atom is 0.390 e. The molecule has 1 aromatic carbocycles. The fourth-order valence-corrected chi connectivity index (χ4v) is 2.52. The SMILES string of the molecule is CCNC(=NCCC(F)(F)F)NCCc1c[nH]c2c(C)cccc12. The largest absolute Gasteiger partial charge is 0.390 e. The summed E-state index contributed by atoms with van der Waals surface area (Å²) in [6.45, 7) is 4.86. The number of H-pyrrole nitrogens is 1. The molecule has 7 heteroatoms. The van der Waals surface area contributed by atoms with Gasteiger partial charge in [-0.2, -0.15) is 13.2 Å². The smallest absolute Gasteiger partial charge is 0.361 e. The first kappa shape index (κ1) is 18.2. The van der Waals surface area contributed by atoms with Gasteiger partial charge in [0.2, 0.25) is 0 Å². The van der Waals surface area contributed by atoms with Gasteiger partial charge in [-0.15, -0.1) is 0 Å². The lowest BCUT2D eigenvalue weighted by atomic mass is 10.1. The number of benzene rings is 1. The highest BCUT2D eigenvalue weighted by Crippen LogP contribution is 2.21. The molecule has 2 aromatic rings. The summed E-state index contributed by atoms with van der Waals surface area (Å²) in [4.78, 5) is 7.23. The Labute approximate surface area is 139 Å². The molecule has 0 atom stereocenters. The number of aromatic amines is 1. The third-order valence-electron chi connectivity index (χ3n) is 3.71. The zero-order chi connectivity index (χ0) is 17.6. The van der Waals surface area contributed by atoms with Crippen molar-refractivity contribution in [3.05, 3.63) is 35.5 Å². The van der Waals surface area contributed by atoms with Gasteiger partial charge in [-0.05, 0) is 31.4 Å². The van der Waals surface area contributed by atoms with Gasteiger partial charge in [0.1, 0.15) is 0 Å². The first-order valence-corrected chi connectivity index (χ1v) is 8.05. The van der Waals surface area contributed by atoms with Crippen molar-refractivity contribution in [1.29, 1.82) is 0 Å². The molecule has 0 bridgehead atoms. The number of hydrogen-bond donors (Lipinski definition) is 3. The van der Waals surface area contributed by atoms with Crippen LogP contribution in [0.25, 0.3) is 10.9 Å². The molecule has 0 aliphatic rings. The Hall–Kier alpha value is -2.18. The number of aryl methyl sites for hydroxylation is 1. The first-order valence-electron chi connectivity index (χ1n) is 8.05. The second kappa shape index (κ2) is 8.08. The van der Waals surface area contributed by atoms with Crippen molar-refractivity contribution in [3.8, 4) is 0 Å². The van der Waals surface area contributed by atoms with Crippen molar-refractivity contribution in [2.45, 2.75) is 32.9 Å². The van der Waals surface area contributed by atoms with Gasteiger partial charge in [0.15, 0.2) is 5.96 Å². The maximum absolute atomic E-state index is 12.2. The van der Waals surface area contributed by atoms with Crippen LogP contribution in [-0.2, 0) is 6.42 Å². The fraction of sp³-hybridized carbons (Fsp3) is 0.471. The number of aromatic nitrogens is 1. The third-order valence-corrected chi connectivity index (χ3v) is 3.71. The number of fused-ring (bicyclic) bond motifs is 1. The molecule has 2 rings (SSSR count). The van der Waals surface area contributed by atoms with Gasteiger partial charge < -0.3 is 15.6 Å². The van der Waals surface area contributed by atoms with Crippen LogP contribution in [0.2, 0.25) is 0 Å². The van der Waals surface area contributed by atoms with Gasteiger partial charge in [-0.3, -0.25) is 4.99 Å². The van der Waals surface area contributed by atoms with Crippen LogP contribution in [0.3, 0.4) is 0 Å². The Bertz CT molecular complexity index is 689. The number of aliphatic imine (C=N–C) groups is 1. The molecule has 0 fully saturated rings. The summed E-state index contributed by atoms with van der Waals surface area (Å²) >= 11 is 0. The van der Waals surface area contributed by atoms with E-state index in [4.69, 9.17) is 0 Å². The van der Waals surface area contributed by atoms with Crippen molar-refractivity contribution in [2.24, 2.45) is 4.99 Å². The molecular weight excluding hydrogens is 317 g/mol. The van der Waals surface area contributed by atoms with Crippen molar-refractivity contribution < 1.29 is 13.2 Å². The number of nitrogens with zero attached hydrogens (tertiary/aromatic N) is 1. The van der Waals surface area contributed by atoms with Crippen molar-refractivity contribution in [2.75, 3.05) is 19.6 Å². The minimum Gasteiger partial charge on any atom is -0.361 e. The summed E-state index contributed by atoms with van der Waals surface area (Å²) < 4.78 is 36.6. The monoisotopic (exact) mass is 340 g/mol. The minimum atomic E-state index is -4.18. The van der Waals surface area contributed by atoms with Gasteiger partial charge in [-0.1, -0.05) is 18.2 Å². The quantitative estimate of drug-likeness (QED) is 0.557. The molecule has 0 aliphatic heterocycles. The van der Waals surface area contributed by atoms with E-state index in [9.17, 15) is 13.2 Å². The predicted molar refractivity (Wildman–Crippen MR) is 91.4 cm³/mol. The zero-order valence-corrected chi connectivity index (χ0v) is 13.9. The van der Waals surface area contributed by atoms with E-state index in [0.29, 0.717) is 19.0 Å². The molecule has 0 saturated carbocycles. The molecular formula is C17H23F3N4. The lowest BCUT2D eigenvalue weighted by molar-refractivity contribution is -0.132. The summed E-state index contributed by atoms with van der Waals surface area (Å²) in [6, 6.07) is 6.14. The van der Waals surface area contributed by atoms with Crippen molar-refractivity contribution >= 4 is 16.9 Å². The summed E-state index contributed by atoms with van der Waals surface area (Å²) in [5.41, 5.74) is 3.49. The Morgan fingerprint density at radius 1 is 1.25 bits per heavy atom. The van der Waals surface area contributed by atoms with E-state index < -0.39 is 12.6 Å². The van der Waals surface area contributed by atoms with Crippen molar-refractivity contribution in [1.82, 2.24) is 15.6 Å². The molecule has 24 heavy (non-hydrogen) atoms. The maximum atomic E-state index is 12.2. The lowest BCUT2D eigenvalue weighted by Gasteiger charge is -2.11. The Balaban J connectivity index is 1.92. The van der Waals surface area contributed by atoms with Crippen LogP contribution in [0, 0.1) is 6.92 Å². The Kier molecular flexibility index (Phi) is 6.11. The van der Waals surface area contributed by atoms with Crippen molar-refractivity contribution in [3.63, 3.8) is 0 Å². The zero-order valence-electron chi connectivity index (χ0n) is 13.9. The van der Waals surface area contributed by atoms with E-state index in [2.05, 4.69) is 39.7 Å². The minimum absolute atomic E-state index is 0.273. The number of alkyl halides is 3. The molecule has 0 radical (unpaired) electrons. The second-order valence-electron chi connectivity index (χ2n) is 5.61. The molecule has 0 spiro atoms.